The maximum absolute atomic E-state index is 12.8. The molecule has 0 saturated carbocycles. The first kappa shape index (κ1) is 21.7. The number of rotatable bonds is 8. The van der Waals surface area contributed by atoms with E-state index < -0.39 is 0 Å². The van der Waals surface area contributed by atoms with E-state index in [4.69, 9.17) is 9.72 Å². The second-order valence-corrected chi connectivity index (χ2v) is 8.66. The molecule has 1 aliphatic heterocycles. The molecule has 2 heterocycles. The molecule has 1 aliphatic rings. The van der Waals surface area contributed by atoms with Crippen molar-refractivity contribution in [2.75, 3.05) is 32.8 Å². The number of hydrogen-bond donors (Lipinski definition) is 0. The summed E-state index contributed by atoms with van der Waals surface area (Å²) in [5.41, 5.74) is 4.39. The van der Waals surface area contributed by atoms with E-state index in [1.165, 1.54) is 5.56 Å². The fourth-order valence-electron chi connectivity index (χ4n) is 3.74. The summed E-state index contributed by atoms with van der Waals surface area (Å²) < 4.78 is 5.42. The highest BCUT2D eigenvalue weighted by atomic mass is 32.1. The van der Waals surface area contributed by atoms with Crippen molar-refractivity contribution in [2.24, 2.45) is 0 Å². The minimum Gasteiger partial charge on any atom is -0.379 e. The minimum absolute atomic E-state index is 0.115. The fraction of sp³-hybridized carbons (Fsp3) is 0.360. The molecule has 3 aromatic rings. The average molecular weight is 436 g/mol. The summed E-state index contributed by atoms with van der Waals surface area (Å²) in [6.45, 7) is 7.92. The van der Waals surface area contributed by atoms with Crippen LogP contribution < -0.4 is 0 Å². The number of morpholine rings is 1. The predicted molar refractivity (Wildman–Crippen MR) is 125 cm³/mol. The summed E-state index contributed by atoms with van der Waals surface area (Å²) in [5.74, 6) is 0.115. The maximum Gasteiger partial charge on any atom is 0.228 e. The maximum atomic E-state index is 12.8. The molecule has 1 amide bonds. The summed E-state index contributed by atoms with van der Waals surface area (Å²) in [6, 6.07) is 18.7. The lowest BCUT2D eigenvalue weighted by Crippen LogP contribution is -2.35. The fourth-order valence-corrected chi connectivity index (χ4v) is 4.56. The van der Waals surface area contributed by atoms with Crippen LogP contribution in [0.5, 0.6) is 0 Å². The third kappa shape index (κ3) is 6.00. The Kier molecular flexibility index (Phi) is 7.46. The molecule has 4 rings (SSSR count). The van der Waals surface area contributed by atoms with Gasteiger partial charge in [0.2, 0.25) is 5.91 Å². The van der Waals surface area contributed by atoms with E-state index >= 15 is 0 Å². The molecule has 1 fully saturated rings. The highest BCUT2D eigenvalue weighted by Gasteiger charge is 2.16. The molecule has 0 bridgehead atoms. The smallest absolute Gasteiger partial charge is 0.228 e. The number of benzene rings is 2. The zero-order valence-corrected chi connectivity index (χ0v) is 18.8. The van der Waals surface area contributed by atoms with Crippen LogP contribution in [0.15, 0.2) is 60.0 Å². The third-order valence-corrected chi connectivity index (χ3v) is 6.49. The highest BCUT2D eigenvalue weighted by molar-refractivity contribution is 7.13. The number of aromatic nitrogens is 1. The SMILES string of the molecule is CCN(Cc1ccccc1)C(=O)Cc1csc(-c2ccc(CN3CCOCC3)cc2)n1. The molecule has 0 N–H and O–H groups in total. The van der Waals surface area contributed by atoms with Crippen LogP contribution in [-0.2, 0) is 29.0 Å². The van der Waals surface area contributed by atoms with E-state index in [0.29, 0.717) is 19.5 Å². The number of ether oxygens (including phenoxy) is 1. The zero-order valence-electron chi connectivity index (χ0n) is 18.0. The Bertz CT molecular complexity index is 966. The molecule has 0 spiro atoms. The molecule has 0 unspecified atom stereocenters. The van der Waals surface area contributed by atoms with Crippen LogP contribution in [0.4, 0.5) is 0 Å². The van der Waals surface area contributed by atoms with E-state index in [2.05, 4.69) is 41.3 Å². The Morgan fingerprint density at radius 3 is 2.52 bits per heavy atom. The molecule has 0 atom stereocenters. The lowest BCUT2D eigenvalue weighted by molar-refractivity contribution is -0.130. The summed E-state index contributed by atoms with van der Waals surface area (Å²) in [5, 5.41) is 2.97. The molecular formula is C25H29N3O2S. The van der Waals surface area contributed by atoms with E-state index in [9.17, 15) is 4.79 Å². The van der Waals surface area contributed by atoms with Crippen molar-refractivity contribution in [3.8, 4) is 10.6 Å². The lowest BCUT2D eigenvalue weighted by Gasteiger charge is -2.26. The van der Waals surface area contributed by atoms with Gasteiger partial charge in [0.25, 0.3) is 0 Å². The highest BCUT2D eigenvalue weighted by Crippen LogP contribution is 2.25. The van der Waals surface area contributed by atoms with Crippen LogP contribution in [-0.4, -0.2) is 53.5 Å². The molecule has 1 saturated heterocycles. The number of amides is 1. The van der Waals surface area contributed by atoms with Crippen molar-refractivity contribution in [2.45, 2.75) is 26.4 Å². The molecule has 0 aliphatic carbocycles. The van der Waals surface area contributed by atoms with Gasteiger partial charge in [0, 0.05) is 43.7 Å². The van der Waals surface area contributed by atoms with E-state index in [0.717, 1.165) is 54.7 Å². The molecule has 0 radical (unpaired) electrons. The monoisotopic (exact) mass is 435 g/mol. The first-order valence-electron chi connectivity index (χ1n) is 10.9. The number of thiazole rings is 1. The first-order valence-corrected chi connectivity index (χ1v) is 11.7. The van der Waals surface area contributed by atoms with E-state index in [1.807, 2.05) is 35.4 Å². The Morgan fingerprint density at radius 2 is 1.81 bits per heavy atom. The van der Waals surface area contributed by atoms with Gasteiger partial charge in [-0.15, -0.1) is 11.3 Å². The molecular weight excluding hydrogens is 406 g/mol. The van der Waals surface area contributed by atoms with Crippen LogP contribution in [0.3, 0.4) is 0 Å². The van der Waals surface area contributed by atoms with Crippen LogP contribution >= 0.6 is 11.3 Å². The second kappa shape index (κ2) is 10.7. The number of nitrogens with zero attached hydrogens (tertiary/aromatic N) is 3. The topological polar surface area (TPSA) is 45.7 Å². The Balaban J connectivity index is 1.35. The van der Waals surface area contributed by atoms with E-state index in [-0.39, 0.29) is 5.91 Å². The van der Waals surface area contributed by atoms with Gasteiger partial charge in [-0.25, -0.2) is 4.98 Å². The normalized spacial score (nSPS) is 14.5. The van der Waals surface area contributed by atoms with E-state index in [1.54, 1.807) is 11.3 Å². The van der Waals surface area contributed by atoms with Gasteiger partial charge in [0.15, 0.2) is 0 Å². The van der Waals surface area contributed by atoms with Crippen LogP contribution in [0, 0.1) is 0 Å². The van der Waals surface area contributed by atoms with Gasteiger partial charge in [-0.2, -0.15) is 0 Å². The molecule has 1 aromatic heterocycles. The minimum atomic E-state index is 0.115. The largest absolute Gasteiger partial charge is 0.379 e. The van der Waals surface area contributed by atoms with Crippen molar-refractivity contribution in [3.63, 3.8) is 0 Å². The zero-order chi connectivity index (χ0) is 21.5. The van der Waals surface area contributed by atoms with Gasteiger partial charge in [0.1, 0.15) is 5.01 Å². The number of hydrogen-bond acceptors (Lipinski definition) is 5. The molecule has 31 heavy (non-hydrogen) atoms. The summed E-state index contributed by atoms with van der Waals surface area (Å²) in [6.07, 6.45) is 0.340. The van der Waals surface area contributed by atoms with Crippen LogP contribution in [0.1, 0.15) is 23.7 Å². The average Bonchev–Trinajstić information content (AvgIpc) is 3.27. The molecule has 162 valence electrons. The van der Waals surface area contributed by atoms with Gasteiger partial charge >= 0.3 is 0 Å². The quantitative estimate of drug-likeness (QED) is 0.531. The van der Waals surface area contributed by atoms with Crippen molar-refractivity contribution >= 4 is 17.2 Å². The molecule has 2 aromatic carbocycles. The van der Waals surface area contributed by atoms with Crippen molar-refractivity contribution in [1.29, 1.82) is 0 Å². The summed E-state index contributed by atoms with van der Waals surface area (Å²) >= 11 is 1.60. The number of carbonyl (C=O) groups excluding carboxylic acids is 1. The van der Waals surface area contributed by atoms with Crippen molar-refractivity contribution < 1.29 is 9.53 Å². The van der Waals surface area contributed by atoms with Gasteiger partial charge < -0.3 is 9.64 Å². The first-order chi connectivity index (χ1) is 15.2. The van der Waals surface area contributed by atoms with Crippen molar-refractivity contribution in [3.05, 3.63) is 76.8 Å². The Morgan fingerprint density at radius 1 is 1.06 bits per heavy atom. The van der Waals surface area contributed by atoms with Gasteiger partial charge in [-0.3, -0.25) is 9.69 Å². The standard InChI is InChI=1S/C25H29N3O2S/c1-2-28(18-20-6-4-3-5-7-20)24(29)16-23-19-31-25(26-23)22-10-8-21(9-11-22)17-27-12-14-30-15-13-27/h3-11,19H,2,12-18H2,1H3. The third-order valence-electron chi connectivity index (χ3n) is 5.55. The summed E-state index contributed by atoms with van der Waals surface area (Å²) in [4.78, 5) is 21.8. The molecule has 5 nitrogen and oxygen atoms in total. The molecule has 6 heteroatoms. The van der Waals surface area contributed by atoms with Crippen LogP contribution in [0.25, 0.3) is 10.6 Å². The van der Waals surface area contributed by atoms with Crippen molar-refractivity contribution in [1.82, 2.24) is 14.8 Å². The number of likely N-dealkylation sites (N-methyl/N-ethyl adjacent to an activating group) is 1. The van der Waals surface area contributed by atoms with Gasteiger partial charge in [0.05, 0.1) is 25.3 Å². The predicted octanol–water partition coefficient (Wildman–Crippen LogP) is 4.23. The Labute approximate surface area is 188 Å². The van der Waals surface area contributed by atoms with Crippen LogP contribution in [0.2, 0.25) is 0 Å². The van der Waals surface area contributed by atoms with Gasteiger partial charge in [-0.05, 0) is 18.1 Å². The number of carbonyl (C=O) groups is 1. The van der Waals surface area contributed by atoms with Gasteiger partial charge in [-0.1, -0.05) is 54.6 Å². The lowest BCUT2D eigenvalue weighted by atomic mass is 10.1. The summed E-state index contributed by atoms with van der Waals surface area (Å²) in [7, 11) is 0. The Hall–Kier alpha value is -2.54. The second-order valence-electron chi connectivity index (χ2n) is 7.80.